The Bertz CT molecular complexity index is 190. The summed E-state index contributed by atoms with van der Waals surface area (Å²) in [6.07, 6.45) is -1.37. The van der Waals surface area contributed by atoms with Crippen molar-refractivity contribution < 1.29 is 8.27 Å². The lowest BCUT2D eigenvalue weighted by Gasteiger charge is -2.02. The van der Waals surface area contributed by atoms with Gasteiger partial charge in [0.05, 0.1) is 0 Å². The smallest absolute Gasteiger partial charge is 0.159 e. The minimum absolute atomic E-state index is 0.401. The van der Waals surface area contributed by atoms with E-state index in [1.165, 1.54) is 0 Å². The van der Waals surface area contributed by atoms with Gasteiger partial charge in [0, 0.05) is 13.4 Å². The van der Waals surface area contributed by atoms with E-state index in [0.717, 1.165) is 12.3 Å². The van der Waals surface area contributed by atoms with Crippen molar-refractivity contribution in [1.29, 1.82) is 0 Å². The molecule has 0 fully saturated rings. The molecule has 0 saturated carbocycles. The monoisotopic (exact) mass is 89.1 g/mol. The van der Waals surface area contributed by atoms with Crippen molar-refractivity contribution in [2.45, 2.75) is 12.8 Å². The average molecular weight is 89.2 g/mol. The molecule has 1 rings (SSSR count). The Balaban J connectivity index is 3.07. The van der Waals surface area contributed by atoms with E-state index in [9.17, 15) is 0 Å². The maximum absolute atomic E-state index is 7.26. The lowest BCUT2D eigenvalue weighted by atomic mass is 10.2. The lowest BCUT2D eigenvalue weighted by Crippen LogP contribution is -2.09. The first-order valence-corrected chi connectivity index (χ1v) is 1.69. The van der Waals surface area contributed by atoms with Crippen LogP contribution in [0.3, 0.4) is 0 Å². The Hall–Kier alpha value is -0.460. The summed E-state index contributed by atoms with van der Waals surface area (Å²) in [5.41, 5.74) is 0. The second-order valence-corrected chi connectivity index (χ2v) is 0.893. The summed E-state index contributed by atoms with van der Waals surface area (Å²) in [6.45, 7) is -2.44. The third-order valence-electron chi connectivity index (χ3n) is 0.469. The molecule has 1 heterocycles. The van der Waals surface area contributed by atoms with E-state index in [2.05, 4.69) is 0 Å². The van der Waals surface area contributed by atoms with Crippen molar-refractivity contribution in [1.82, 2.24) is 5.31 Å². The molecule has 0 aliphatic carbocycles. The topological polar surface area (TPSA) is 12.0 Å². The summed E-state index contributed by atoms with van der Waals surface area (Å²) in [7, 11) is 0. The van der Waals surface area contributed by atoms with E-state index >= 15 is 0 Å². The standard InChI is InChI=1S/C5H9N/c1-2-4-6-5-3-1/h2,4,6H,1,3,5H2/i1D,3D2,5D2/hD. The highest BCUT2D eigenvalue weighted by atomic mass is 14.8. The predicted molar refractivity (Wildman–Crippen MR) is 26.4 cm³/mol. The van der Waals surface area contributed by atoms with E-state index in [1.54, 1.807) is 0 Å². The van der Waals surface area contributed by atoms with Crippen molar-refractivity contribution in [3.05, 3.63) is 12.3 Å². The molecule has 0 amide bonds. The predicted octanol–water partition coefficient (Wildman–Crippen LogP) is 0.884. The summed E-state index contributed by atoms with van der Waals surface area (Å²) in [5.74, 6) is 0. The Labute approximate surface area is 46.5 Å². The zero-order valence-corrected chi connectivity index (χ0v) is 3.18. The molecule has 1 atom stereocenters. The molecule has 1 nitrogen and oxygen atoms in total. The Morgan fingerprint density at radius 2 is 3.00 bits per heavy atom. The highest BCUT2D eigenvalue weighted by Gasteiger charge is 1.84. The van der Waals surface area contributed by atoms with Gasteiger partial charge >= 0.3 is 0 Å². The van der Waals surface area contributed by atoms with Gasteiger partial charge in [0.25, 0.3) is 0 Å². The van der Waals surface area contributed by atoms with Crippen LogP contribution in [-0.2, 0) is 0 Å². The molecule has 34 valence electrons. The molecular weight excluding hydrogens is 74.1 g/mol. The number of allylic oxidation sites excluding steroid dienone is 1. The van der Waals surface area contributed by atoms with Crippen LogP contribution in [0.2, 0.25) is 1.41 Å². The van der Waals surface area contributed by atoms with Gasteiger partial charge in [0.1, 0.15) is 0 Å². The summed E-state index contributed by atoms with van der Waals surface area (Å²) in [4.78, 5) is 0. The molecule has 0 spiro atoms. The largest absolute Gasteiger partial charge is 0.391 e. The maximum Gasteiger partial charge on any atom is 0.159 e. The number of hydrogen-bond acceptors (Lipinski definition) is 1. The molecule has 1 heteroatoms. The third kappa shape index (κ3) is 0.744. The second kappa shape index (κ2) is 1.85. The molecule has 1 aliphatic heterocycles. The van der Waals surface area contributed by atoms with E-state index in [0.29, 0.717) is 5.31 Å². The quantitative estimate of drug-likeness (QED) is 0.464. The SMILES string of the molecule is [2H]C1C=CN([2H])C([2H])([2H])C1([2H])[2H]. The number of nitrogens with one attached hydrogen (secondary N) is 1. The van der Waals surface area contributed by atoms with Crippen LogP contribution in [0.4, 0.5) is 0 Å². The highest BCUT2D eigenvalue weighted by molar-refractivity contribution is 4.83. The van der Waals surface area contributed by atoms with Gasteiger partial charge in [-0.15, -0.1) is 0 Å². The normalized spacial score (nSPS) is 65.3. The zero-order chi connectivity index (χ0) is 9.57. The van der Waals surface area contributed by atoms with Crippen molar-refractivity contribution in [2.75, 3.05) is 6.50 Å². The average Bonchev–Trinajstić information content (AvgIpc) is 1.96. The van der Waals surface area contributed by atoms with Crippen LogP contribution in [0.25, 0.3) is 0 Å². The molecule has 1 unspecified atom stereocenters. The highest BCUT2D eigenvalue weighted by Crippen LogP contribution is 1.91. The first-order chi connectivity index (χ1) is 5.30. The van der Waals surface area contributed by atoms with Gasteiger partial charge in [-0.25, -0.2) is 0 Å². The fraction of sp³-hybridized carbons (Fsp3) is 0.600. The van der Waals surface area contributed by atoms with Crippen LogP contribution >= 0.6 is 0 Å². The fourth-order valence-corrected chi connectivity index (χ4v) is 0.246. The van der Waals surface area contributed by atoms with E-state index in [-0.39, 0.29) is 0 Å². The third-order valence-corrected chi connectivity index (χ3v) is 0.469. The number of rotatable bonds is 0. The van der Waals surface area contributed by atoms with Crippen molar-refractivity contribution >= 4 is 0 Å². The zero-order valence-electron chi connectivity index (χ0n) is 9.18. The molecule has 0 radical (unpaired) electrons. The number of hydrogen-bond donors (Lipinski definition) is 1. The first-order valence-electron chi connectivity index (χ1n) is 4.71. The molecule has 0 aromatic rings. The first kappa shape index (κ1) is 0.857. The van der Waals surface area contributed by atoms with Crippen LogP contribution < -0.4 is 5.31 Å². The maximum atomic E-state index is 7.26. The van der Waals surface area contributed by atoms with Gasteiger partial charge in [-0.2, -0.15) is 0 Å². The summed E-state index contributed by atoms with van der Waals surface area (Å²) < 4.78 is 43.2. The van der Waals surface area contributed by atoms with Crippen LogP contribution in [0, 0.1) is 0 Å². The molecular formula is C5H9N. The van der Waals surface area contributed by atoms with Crippen molar-refractivity contribution in [3.8, 4) is 0 Å². The van der Waals surface area contributed by atoms with Gasteiger partial charge < -0.3 is 5.31 Å². The molecule has 0 aromatic carbocycles. The van der Waals surface area contributed by atoms with Crippen LogP contribution in [0.5, 0.6) is 0 Å². The minimum atomic E-state index is -2.44. The van der Waals surface area contributed by atoms with Gasteiger partial charge in [0.2, 0.25) is 0 Å². The van der Waals surface area contributed by atoms with E-state index < -0.39 is 19.3 Å². The van der Waals surface area contributed by atoms with Crippen molar-refractivity contribution in [2.24, 2.45) is 0 Å². The Morgan fingerprint density at radius 1 is 2.00 bits per heavy atom. The van der Waals surface area contributed by atoms with Crippen LogP contribution in [0.1, 0.15) is 19.6 Å². The Kier molecular flexibility index (Phi) is 0.265. The molecule has 1 N–H and O–H groups in total. The fourth-order valence-electron chi connectivity index (χ4n) is 0.246. The molecule has 0 aromatic heterocycles. The summed E-state index contributed by atoms with van der Waals surface area (Å²) >= 11 is 0. The van der Waals surface area contributed by atoms with Gasteiger partial charge in [-0.1, -0.05) is 6.08 Å². The van der Waals surface area contributed by atoms with Crippen LogP contribution in [-0.4, -0.2) is 6.50 Å². The summed E-state index contributed by atoms with van der Waals surface area (Å²) in [5, 5.41) is 0.401. The van der Waals surface area contributed by atoms with E-state index in [4.69, 9.17) is 8.27 Å². The van der Waals surface area contributed by atoms with Gasteiger partial charge in [-0.3, -0.25) is 0 Å². The Morgan fingerprint density at radius 3 is 3.83 bits per heavy atom. The second-order valence-electron chi connectivity index (χ2n) is 0.893. The lowest BCUT2D eigenvalue weighted by molar-refractivity contribution is 0.728. The van der Waals surface area contributed by atoms with Gasteiger partial charge in [-0.05, 0) is 19.0 Å². The molecule has 1 aliphatic rings. The van der Waals surface area contributed by atoms with Gasteiger partial charge in [0.15, 0.2) is 1.41 Å². The van der Waals surface area contributed by atoms with Crippen molar-refractivity contribution in [3.63, 3.8) is 0 Å². The molecule has 0 saturated heterocycles. The minimum Gasteiger partial charge on any atom is -0.391 e. The summed E-state index contributed by atoms with van der Waals surface area (Å²) in [6, 6.07) is 0. The molecule has 6 heavy (non-hydrogen) atoms. The van der Waals surface area contributed by atoms with E-state index in [1.807, 2.05) is 0 Å². The van der Waals surface area contributed by atoms with Crippen LogP contribution in [0.15, 0.2) is 12.3 Å². The molecule has 0 bridgehead atoms.